The fourth-order valence-electron chi connectivity index (χ4n) is 3.26. The minimum atomic E-state index is 0.353. The predicted molar refractivity (Wildman–Crippen MR) is 84.2 cm³/mol. The van der Waals surface area contributed by atoms with Gasteiger partial charge in [-0.05, 0) is 32.3 Å². The largest absolute Gasteiger partial charge is 0.368 e. The Balaban J connectivity index is 1.87. The van der Waals surface area contributed by atoms with Gasteiger partial charge >= 0.3 is 0 Å². The highest BCUT2D eigenvalue weighted by atomic mass is 15.1. The highest BCUT2D eigenvalue weighted by molar-refractivity contribution is 5.31. The molecule has 1 heterocycles. The van der Waals surface area contributed by atoms with E-state index in [1.807, 2.05) is 0 Å². The molecule has 0 atom stereocenters. The first-order valence-corrected chi connectivity index (χ1v) is 7.67. The molecule has 1 fully saturated rings. The Kier molecular flexibility index (Phi) is 3.86. The monoisotopic (exact) mass is 282 g/mol. The summed E-state index contributed by atoms with van der Waals surface area (Å²) in [5.74, 6) is 2.49. The minimum absolute atomic E-state index is 0.353. The first-order valence-electron chi connectivity index (χ1n) is 7.67. The lowest BCUT2D eigenvalue weighted by molar-refractivity contribution is 0.654. The lowest BCUT2D eigenvalue weighted by atomic mass is 10.0. The van der Waals surface area contributed by atoms with Crippen molar-refractivity contribution in [3.8, 4) is 0 Å². The summed E-state index contributed by atoms with van der Waals surface area (Å²) in [5.41, 5.74) is 9.64. The van der Waals surface area contributed by atoms with Gasteiger partial charge in [-0.1, -0.05) is 42.2 Å². The molecule has 21 heavy (non-hydrogen) atoms. The second-order valence-corrected chi connectivity index (χ2v) is 6.12. The third-order valence-corrected chi connectivity index (χ3v) is 4.08. The van der Waals surface area contributed by atoms with Crippen molar-refractivity contribution in [1.29, 1.82) is 0 Å². The summed E-state index contributed by atoms with van der Waals surface area (Å²) in [5, 5.41) is 0. The lowest BCUT2D eigenvalue weighted by Gasteiger charge is -2.10. The number of hydrogen-bond acceptors (Lipinski definition) is 4. The van der Waals surface area contributed by atoms with Crippen LogP contribution in [0, 0.1) is 13.8 Å². The Hall–Kier alpha value is -1.97. The van der Waals surface area contributed by atoms with Crippen LogP contribution in [0.1, 0.15) is 59.9 Å². The van der Waals surface area contributed by atoms with Gasteiger partial charge < -0.3 is 5.73 Å². The molecule has 0 saturated heterocycles. The maximum Gasteiger partial charge on any atom is 0.223 e. The minimum Gasteiger partial charge on any atom is -0.368 e. The number of nitrogens with zero attached hydrogens (tertiary/aromatic N) is 3. The van der Waals surface area contributed by atoms with Gasteiger partial charge in [-0.3, -0.25) is 0 Å². The smallest absolute Gasteiger partial charge is 0.223 e. The summed E-state index contributed by atoms with van der Waals surface area (Å²) >= 11 is 0. The van der Waals surface area contributed by atoms with Gasteiger partial charge in [0.15, 0.2) is 0 Å². The van der Waals surface area contributed by atoms with Crippen molar-refractivity contribution >= 4 is 5.95 Å². The first-order chi connectivity index (χ1) is 10.1. The standard InChI is InChI=1S/C17H22N4/c1-11-7-12(2)9-13(8-11)10-15-19-16(21-17(18)20-15)14-5-3-4-6-14/h7-9,14H,3-6,10H2,1-2H3,(H2,18,19,20,21). The van der Waals surface area contributed by atoms with Crippen LogP contribution in [0.5, 0.6) is 0 Å². The number of aryl methyl sites for hydroxylation is 2. The van der Waals surface area contributed by atoms with E-state index in [4.69, 9.17) is 5.73 Å². The summed E-state index contributed by atoms with van der Waals surface area (Å²) in [6, 6.07) is 6.54. The molecular weight excluding hydrogens is 260 g/mol. The van der Waals surface area contributed by atoms with Crippen molar-refractivity contribution in [2.45, 2.75) is 51.9 Å². The summed E-state index contributed by atoms with van der Waals surface area (Å²) in [7, 11) is 0. The molecule has 3 rings (SSSR count). The molecule has 1 aromatic carbocycles. The average Bonchev–Trinajstić information content (AvgIpc) is 2.90. The predicted octanol–water partition coefficient (Wildman–Crippen LogP) is 3.32. The van der Waals surface area contributed by atoms with Crippen LogP contribution >= 0.6 is 0 Å². The van der Waals surface area contributed by atoms with E-state index in [2.05, 4.69) is 47.0 Å². The maximum atomic E-state index is 5.88. The molecule has 1 aliphatic carbocycles. The highest BCUT2D eigenvalue weighted by Crippen LogP contribution is 2.32. The molecule has 0 spiro atoms. The van der Waals surface area contributed by atoms with Crippen LogP contribution in [0.15, 0.2) is 18.2 Å². The number of nitrogens with two attached hydrogens (primary N) is 1. The molecule has 0 amide bonds. The fourth-order valence-corrected chi connectivity index (χ4v) is 3.26. The average molecular weight is 282 g/mol. The molecular formula is C17H22N4. The van der Waals surface area contributed by atoms with Gasteiger partial charge in [0.1, 0.15) is 11.6 Å². The molecule has 4 nitrogen and oxygen atoms in total. The van der Waals surface area contributed by atoms with Crippen LogP contribution in [-0.2, 0) is 6.42 Å². The number of hydrogen-bond donors (Lipinski definition) is 1. The Morgan fingerprint density at radius 2 is 1.67 bits per heavy atom. The van der Waals surface area contributed by atoms with Crippen LogP contribution in [0.3, 0.4) is 0 Å². The Morgan fingerprint density at radius 3 is 2.33 bits per heavy atom. The van der Waals surface area contributed by atoms with E-state index in [1.165, 1.54) is 42.4 Å². The normalized spacial score (nSPS) is 15.5. The van der Waals surface area contributed by atoms with Gasteiger partial charge in [0, 0.05) is 12.3 Å². The first kappa shape index (κ1) is 14.0. The van der Waals surface area contributed by atoms with Crippen LogP contribution in [0.2, 0.25) is 0 Å². The van der Waals surface area contributed by atoms with Gasteiger partial charge in [-0.15, -0.1) is 0 Å². The fraction of sp³-hybridized carbons (Fsp3) is 0.471. The molecule has 0 aliphatic heterocycles. The van der Waals surface area contributed by atoms with Gasteiger partial charge in [0.05, 0.1) is 0 Å². The zero-order chi connectivity index (χ0) is 14.8. The number of aromatic nitrogens is 3. The Labute approximate surface area is 125 Å². The second-order valence-electron chi connectivity index (χ2n) is 6.12. The SMILES string of the molecule is Cc1cc(C)cc(Cc2nc(N)nc(C3CCCC3)n2)c1. The summed E-state index contributed by atoms with van der Waals surface area (Å²) in [4.78, 5) is 13.3. The van der Waals surface area contributed by atoms with E-state index in [9.17, 15) is 0 Å². The van der Waals surface area contributed by atoms with E-state index in [-0.39, 0.29) is 0 Å². The highest BCUT2D eigenvalue weighted by Gasteiger charge is 2.21. The Morgan fingerprint density at radius 1 is 1.00 bits per heavy atom. The van der Waals surface area contributed by atoms with Crippen molar-refractivity contribution in [2.75, 3.05) is 5.73 Å². The van der Waals surface area contributed by atoms with Crippen molar-refractivity contribution in [3.63, 3.8) is 0 Å². The summed E-state index contributed by atoms with van der Waals surface area (Å²) in [6.45, 7) is 4.23. The van der Waals surface area contributed by atoms with E-state index < -0.39 is 0 Å². The molecule has 1 saturated carbocycles. The number of rotatable bonds is 3. The topological polar surface area (TPSA) is 64.7 Å². The summed E-state index contributed by atoms with van der Waals surface area (Å²) < 4.78 is 0. The zero-order valence-corrected chi connectivity index (χ0v) is 12.8. The number of anilines is 1. The maximum absolute atomic E-state index is 5.88. The Bertz CT molecular complexity index is 625. The molecule has 1 aliphatic rings. The molecule has 4 heteroatoms. The van der Waals surface area contributed by atoms with Gasteiger partial charge in [0.25, 0.3) is 0 Å². The lowest BCUT2D eigenvalue weighted by Crippen LogP contribution is -2.10. The van der Waals surface area contributed by atoms with Crippen molar-refractivity contribution < 1.29 is 0 Å². The van der Waals surface area contributed by atoms with Crippen LogP contribution in [-0.4, -0.2) is 15.0 Å². The van der Waals surface area contributed by atoms with Crippen LogP contribution in [0.4, 0.5) is 5.95 Å². The van der Waals surface area contributed by atoms with Crippen LogP contribution in [0.25, 0.3) is 0 Å². The third-order valence-electron chi connectivity index (χ3n) is 4.08. The molecule has 0 radical (unpaired) electrons. The second kappa shape index (κ2) is 5.80. The van der Waals surface area contributed by atoms with Crippen LogP contribution < -0.4 is 5.73 Å². The van der Waals surface area contributed by atoms with E-state index >= 15 is 0 Å². The third kappa shape index (κ3) is 3.38. The van der Waals surface area contributed by atoms with E-state index in [0.29, 0.717) is 11.9 Å². The molecule has 0 unspecified atom stereocenters. The zero-order valence-electron chi connectivity index (χ0n) is 12.8. The number of benzene rings is 1. The summed E-state index contributed by atoms with van der Waals surface area (Å²) in [6.07, 6.45) is 5.60. The quantitative estimate of drug-likeness (QED) is 0.938. The van der Waals surface area contributed by atoms with E-state index in [0.717, 1.165) is 18.1 Å². The molecule has 1 aromatic heterocycles. The molecule has 0 bridgehead atoms. The van der Waals surface area contributed by atoms with Crippen molar-refractivity contribution in [2.24, 2.45) is 0 Å². The molecule has 2 aromatic rings. The van der Waals surface area contributed by atoms with Gasteiger partial charge in [-0.2, -0.15) is 9.97 Å². The van der Waals surface area contributed by atoms with Crippen molar-refractivity contribution in [1.82, 2.24) is 15.0 Å². The van der Waals surface area contributed by atoms with Crippen molar-refractivity contribution in [3.05, 3.63) is 46.5 Å². The number of nitrogen functional groups attached to an aromatic ring is 1. The van der Waals surface area contributed by atoms with Gasteiger partial charge in [-0.25, -0.2) is 4.98 Å². The molecule has 110 valence electrons. The van der Waals surface area contributed by atoms with E-state index in [1.54, 1.807) is 0 Å². The van der Waals surface area contributed by atoms with Gasteiger partial charge in [0.2, 0.25) is 5.95 Å². The molecule has 2 N–H and O–H groups in total.